The molecule has 1 N–H and O–H groups in total. The molecule has 1 aliphatic carbocycles. The fourth-order valence-electron chi connectivity index (χ4n) is 2.69. The summed E-state index contributed by atoms with van der Waals surface area (Å²) in [7, 11) is 0. The summed E-state index contributed by atoms with van der Waals surface area (Å²) in [5.41, 5.74) is -0.359. The molecule has 0 aromatic carbocycles. The maximum atomic E-state index is 10.4. The molecular weight excluding hydrogens is 172 g/mol. The Morgan fingerprint density at radius 3 is 2.57 bits per heavy atom. The highest BCUT2D eigenvalue weighted by Gasteiger charge is 2.33. The molecule has 0 bridgehead atoms. The van der Waals surface area contributed by atoms with Crippen molar-refractivity contribution in [2.45, 2.75) is 71.3 Å². The third-order valence-electron chi connectivity index (χ3n) is 3.98. The van der Waals surface area contributed by atoms with Crippen molar-refractivity contribution in [3.63, 3.8) is 0 Å². The average molecular weight is 198 g/mol. The highest BCUT2D eigenvalue weighted by Crippen LogP contribution is 2.36. The van der Waals surface area contributed by atoms with Crippen molar-refractivity contribution in [2.24, 2.45) is 11.8 Å². The fraction of sp³-hybridized carbons (Fsp3) is 1.00. The predicted molar refractivity (Wildman–Crippen MR) is 61.3 cm³/mol. The van der Waals surface area contributed by atoms with Crippen LogP contribution in [0.25, 0.3) is 0 Å². The third-order valence-corrected chi connectivity index (χ3v) is 3.98. The van der Waals surface area contributed by atoms with Crippen molar-refractivity contribution in [3.05, 3.63) is 0 Å². The number of hydrogen-bond donors (Lipinski definition) is 1. The highest BCUT2D eigenvalue weighted by molar-refractivity contribution is 4.85. The van der Waals surface area contributed by atoms with E-state index < -0.39 is 0 Å². The van der Waals surface area contributed by atoms with Crippen molar-refractivity contribution in [3.8, 4) is 0 Å². The van der Waals surface area contributed by atoms with Gasteiger partial charge in [-0.1, -0.05) is 46.5 Å². The smallest absolute Gasteiger partial charge is 0.0670 e. The van der Waals surface area contributed by atoms with Crippen LogP contribution in [0.3, 0.4) is 0 Å². The molecule has 14 heavy (non-hydrogen) atoms. The Hall–Kier alpha value is -0.0400. The molecule has 0 aliphatic heterocycles. The molecule has 2 atom stereocenters. The van der Waals surface area contributed by atoms with Crippen molar-refractivity contribution in [2.75, 3.05) is 0 Å². The molecule has 1 aliphatic rings. The Labute approximate surface area is 88.9 Å². The maximum Gasteiger partial charge on any atom is 0.0670 e. The lowest BCUT2D eigenvalue weighted by molar-refractivity contribution is -0.0197. The lowest BCUT2D eigenvalue weighted by atomic mass is 9.83. The maximum absolute atomic E-state index is 10.4. The normalized spacial score (nSPS) is 34.5. The largest absolute Gasteiger partial charge is 0.390 e. The minimum absolute atomic E-state index is 0.359. The van der Waals surface area contributed by atoms with Crippen molar-refractivity contribution in [1.29, 1.82) is 0 Å². The first-order valence-corrected chi connectivity index (χ1v) is 6.31. The molecule has 84 valence electrons. The summed E-state index contributed by atoms with van der Waals surface area (Å²) in [6, 6.07) is 0. The van der Waals surface area contributed by atoms with Crippen LogP contribution < -0.4 is 0 Å². The fourth-order valence-corrected chi connectivity index (χ4v) is 2.69. The van der Waals surface area contributed by atoms with Crippen LogP contribution in [0.5, 0.6) is 0 Å². The Kier molecular flexibility index (Phi) is 4.43. The van der Waals surface area contributed by atoms with Crippen LogP contribution in [-0.4, -0.2) is 10.7 Å². The van der Waals surface area contributed by atoms with Crippen LogP contribution in [-0.2, 0) is 0 Å². The standard InChI is InChI=1S/C13H26O/c1-4-6-12-7-5-9-13(14,10-8-12)11(2)3/h11-12,14H,4-10H2,1-3H3. The zero-order valence-corrected chi connectivity index (χ0v) is 10.1. The Morgan fingerprint density at radius 2 is 2.00 bits per heavy atom. The molecule has 0 radical (unpaired) electrons. The van der Waals surface area contributed by atoms with Gasteiger partial charge in [-0.25, -0.2) is 0 Å². The Balaban J connectivity index is 2.47. The van der Waals surface area contributed by atoms with Crippen LogP contribution in [0.2, 0.25) is 0 Å². The summed E-state index contributed by atoms with van der Waals surface area (Å²) in [5.74, 6) is 1.30. The topological polar surface area (TPSA) is 20.2 Å². The molecule has 0 aromatic heterocycles. The van der Waals surface area contributed by atoms with E-state index in [-0.39, 0.29) is 5.60 Å². The van der Waals surface area contributed by atoms with Gasteiger partial charge in [0, 0.05) is 0 Å². The van der Waals surface area contributed by atoms with E-state index in [1.54, 1.807) is 0 Å². The number of hydrogen-bond acceptors (Lipinski definition) is 1. The molecule has 0 amide bonds. The van der Waals surface area contributed by atoms with Gasteiger partial charge in [-0.15, -0.1) is 0 Å². The molecule has 0 heterocycles. The number of rotatable bonds is 3. The van der Waals surface area contributed by atoms with E-state index in [4.69, 9.17) is 0 Å². The van der Waals surface area contributed by atoms with Gasteiger partial charge in [0.25, 0.3) is 0 Å². The lowest BCUT2D eigenvalue weighted by Gasteiger charge is -2.31. The highest BCUT2D eigenvalue weighted by atomic mass is 16.3. The van der Waals surface area contributed by atoms with Gasteiger partial charge in [-0.3, -0.25) is 0 Å². The molecule has 1 saturated carbocycles. The molecule has 1 rings (SSSR count). The van der Waals surface area contributed by atoms with Gasteiger partial charge < -0.3 is 5.11 Å². The van der Waals surface area contributed by atoms with Crippen LogP contribution in [0, 0.1) is 11.8 Å². The second-order valence-electron chi connectivity index (χ2n) is 5.34. The number of aliphatic hydroxyl groups is 1. The second kappa shape index (κ2) is 5.16. The van der Waals surface area contributed by atoms with Crippen LogP contribution >= 0.6 is 0 Å². The predicted octanol–water partition coefficient (Wildman–Crippen LogP) is 3.75. The van der Waals surface area contributed by atoms with Gasteiger partial charge in [0.1, 0.15) is 0 Å². The molecule has 0 spiro atoms. The van der Waals surface area contributed by atoms with Gasteiger partial charge in [-0.2, -0.15) is 0 Å². The molecule has 1 fully saturated rings. The summed E-state index contributed by atoms with van der Waals surface area (Å²) in [6.07, 6.45) is 8.49. The van der Waals surface area contributed by atoms with Gasteiger partial charge in [0.2, 0.25) is 0 Å². The van der Waals surface area contributed by atoms with Gasteiger partial charge in [0.15, 0.2) is 0 Å². The molecule has 0 saturated heterocycles. The van der Waals surface area contributed by atoms with E-state index in [9.17, 15) is 5.11 Å². The van der Waals surface area contributed by atoms with E-state index >= 15 is 0 Å². The van der Waals surface area contributed by atoms with Crippen molar-refractivity contribution in [1.82, 2.24) is 0 Å². The van der Waals surface area contributed by atoms with Crippen molar-refractivity contribution >= 4 is 0 Å². The first kappa shape index (κ1) is 12.0. The summed E-state index contributed by atoms with van der Waals surface area (Å²) >= 11 is 0. The van der Waals surface area contributed by atoms with E-state index in [0.29, 0.717) is 5.92 Å². The molecular formula is C13H26O. The van der Waals surface area contributed by atoms with Crippen LogP contribution in [0.1, 0.15) is 65.7 Å². The average Bonchev–Trinajstić information content (AvgIpc) is 2.30. The molecule has 0 aromatic rings. The van der Waals surface area contributed by atoms with E-state index in [1.165, 1.54) is 32.1 Å². The SMILES string of the molecule is CCCC1CCCC(O)(C(C)C)CC1. The van der Waals surface area contributed by atoms with Crippen LogP contribution in [0.4, 0.5) is 0 Å². The van der Waals surface area contributed by atoms with Crippen molar-refractivity contribution < 1.29 is 5.11 Å². The first-order valence-electron chi connectivity index (χ1n) is 6.31. The summed E-state index contributed by atoms with van der Waals surface area (Å²) in [6.45, 7) is 6.57. The summed E-state index contributed by atoms with van der Waals surface area (Å²) in [4.78, 5) is 0. The quantitative estimate of drug-likeness (QED) is 0.685. The second-order valence-corrected chi connectivity index (χ2v) is 5.34. The van der Waals surface area contributed by atoms with Gasteiger partial charge >= 0.3 is 0 Å². The zero-order chi connectivity index (χ0) is 10.6. The minimum atomic E-state index is -0.359. The molecule has 1 heteroatoms. The summed E-state index contributed by atoms with van der Waals surface area (Å²) < 4.78 is 0. The minimum Gasteiger partial charge on any atom is -0.390 e. The Morgan fingerprint density at radius 1 is 1.29 bits per heavy atom. The van der Waals surface area contributed by atoms with Gasteiger partial charge in [0.05, 0.1) is 5.60 Å². The summed E-state index contributed by atoms with van der Waals surface area (Å²) in [5, 5.41) is 10.4. The first-order chi connectivity index (χ1) is 6.58. The van der Waals surface area contributed by atoms with Gasteiger partial charge in [-0.05, 0) is 31.1 Å². The molecule has 2 unspecified atom stereocenters. The Bertz CT molecular complexity index is 165. The monoisotopic (exact) mass is 198 g/mol. The van der Waals surface area contributed by atoms with E-state index in [1.807, 2.05) is 0 Å². The lowest BCUT2D eigenvalue weighted by Crippen LogP contribution is -2.34. The van der Waals surface area contributed by atoms with Crippen LogP contribution in [0.15, 0.2) is 0 Å². The zero-order valence-electron chi connectivity index (χ0n) is 10.1. The van der Waals surface area contributed by atoms with E-state index in [0.717, 1.165) is 18.8 Å². The third kappa shape index (κ3) is 2.98. The molecule has 1 nitrogen and oxygen atoms in total. The van der Waals surface area contributed by atoms with E-state index in [2.05, 4.69) is 20.8 Å².